The van der Waals surface area contributed by atoms with Crippen molar-refractivity contribution < 1.29 is 9.53 Å². The van der Waals surface area contributed by atoms with Gasteiger partial charge in [-0.05, 0) is 51.1 Å². The van der Waals surface area contributed by atoms with Crippen molar-refractivity contribution in [3.8, 4) is 0 Å². The minimum atomic E-state index is -0.740. The second-order valence-corrected chi connectivity index (χ2v) is 10.7. The Hall–Kier alpha value is -4.19. The molecule has 0 saturated heterocycles. The molecule has 4 heterocycles. The maximum atomic E-state index is 13.7. The largest absolute Gasteiger partial charge is 0.443 e. The first-order valence-electron chi connectivity index (χ1n) is 11.8. The van der Waals surface area contributed by atoms with Gasteiger partial charge in [0.25, 0.3) is 5.56 Å². The lowest BCUT2D eigenvalue weighted by molar-refractivity contribution is 0.0540. The van der Waals surface area contributed by atoms with E-state index in [2.05, 4.69) is 31.2 Å². The molecule has 0 saturated carbocycles. The number of rotatable bonds is 4. The first kappa shape index (κ1) is 25.5. The summed E-state index contributed by atoms with van der Waals surface area (Å²) >= 11 is 3.53. The minimum absolute atomic E-state index is 0.153. The molecule has 0 fully saturated rings. The van der Waals surface area contributed by atoms with Gasteiger partial charge in [-0.1, -0.05) is 22.0 Å². The molecule has 1 N–H and O–H groups in total. The molecule has 0 radical (unpaired) electrons. The van der Waals surface area contributed by atoms with E-state index in [-0.39, 0.29) is 17.7 Å². The third-order valence-electron chi connectivity index (χ3n) is 6.06. The van der Waals surface area contributed by atoms with Crippen LogP contribution in [0.5, 0.6) is 0 Å². The molecular weight excluding hydrogens is 554 g/mol. The van der Waals surface area contributed by atoms with Crippen LogP contribution in [0.3, 0.4) is 0 Å². The predicted molar refractivity (Wildman–Crippen MR) is 148 cm³/mol. The number of pyridine rings is 1. The van der Waals surface area contributed by atoms with Crippen molar-refractivity contribution >= 4 is 55.7 Å². The normalized spacial score (nSPS) is 11.8. The summed E-state index contributed by atoms with van der Waals surface area (Å²) in [6.45, 7) is 5.18. The molecule has 5 rings (SSSR count). The number of nitrogens with zero attached hydrogens (tertiary/aromatic N) is 6. The summed E-state index contributed by atoms with van der Waals surface area (Å²) in [6.07, 6.45) is 2.67. The fourth-order valence-electron chi connectivity index (χ4n) is 4.31. The van der Waals surface area contributed by atoms with Crippen LogP contribution in [0.1, 0.15) is 26.5 Å². The van der Waals surface area contributed by atoms with Crippen molar-refractivity contribution in [1.82, 2.24) is 28.2 Å². The Morgan fingerprint density at radius 1 is 1.08 bits per heavy atom. The van der Waals surface area contributed by atoms with Gasteiger partial charge >= 0.3 is 11.8 Å². The average molecular weight is 580 g/mol. The molecule has 0 spiro atoms. The Kier molecular flexibility index (Phi) is 6.22. The van der Waals surface area contributed by atoms with Gasteiger partial charge in [-0.2, -0.15) is 4.98 Å². The standard InChI is InChI=1S/C26H26BrN7O4/c1-26(2,3)38-25(37)34-16(13-17-18(27)7-6-8-19(17)34)14-33-22(35)20-21(32(5)24(33)36)30-23(31(20)4)29-15-9-11-28-12-10-15/h6-13H,14H2,1-5H3,(H,28,29,30). The first-order valence-corrected chi connectivity index (χ1v) is 12.6. The molecule has 0 aliphatic heterocycles. The molecule has 0 aliphatic rings. The van der Waals surface area contributed by atoms with Crippen LogP contribution in [0.4, 0.5) is 16.4 Å². The van der Waals surface area contributed by atoms with Gasteiger partial charge in [-0.15, -0.1) is 0 Å². The number of aromatic nitrogens is 6. The molecule has 0 bridgehead atoms. The SMILES string of the molecule is Cn1c(Nc2ccncc2)nc2c1c(=O)n(Cc1cc3c(Br)cccc3n1C(=O)OC(C)(C)C)c(=O)n2C. The quantitative estimate of drug-likeness (QED) is 0.340. The Balaban J connectivity index is 1.67. The van der Waals surface area contributed by atoms with E-state index < -0.39 is 22.9 Å². The van der Waals surface area contributed by atoms with Gasteiger partial charge in [0.15, 0.2) is 11.2 Å². The van der Waals surface area contributed by atoms with E-state index in [0.717, 1.165) is 20.1 Å². The zero-order chi connectivity index (χ0) is 27.4. The molecule has 5 aromatic rings. The maximum absolute atomic E-state index is 13.7. The third-order valence-corrected chi connectivity index (χ3v) is 6.75. The molecule has 11 nitrogen and oxygen atoms in total. The second-order valence-electron chi connectivity index (χ2n) is 9.88. The van der Waals surface area contributed by atoms with Crippen LogP contribution in [0, 0.1) is 0 Å². The summed E-state index contributed by atoms with van der Waals surface area (Å²) in [7, 11) is 3.26. The summed E-state index contributed by atoms with van der Waals surface area (Å²) in [5.74, 6) is 0.392. The number of hydrogen-bond acceptors (Lipinski definition) is 7. The summed E-state index contributed by atoms with van der Waals surface area (Å²) in [4.78, 5) is 48.9. The molecule has 38 heavy (non-hydrogen) atoms. The number of halogens is 1. The number of carbonyl (C=O) groups is 1. The van der Waals surface area contributed by atoms with Gasteiger partial charge in [0.2, 0.25) is 5.95 Å². The Morgan fingerprint density at radius 3 is 2.47 bits per heavy atom. The minimum Gasteiger partial charge on any atom is -0.443 e. The van der Waals surface area contributed by atoms with E-state index in [0.29, 0.717) is 17.2 Å². The van der Waals surface area contributed by atoms with Crippen LogP contribution >= 0.6 is 15.9 Å². The number of carbonyl (C=O) groups excluding carboxylic acids is 1. The molecule has 0 atom stereocenters. The van der Waals surface area contributed by atoms with Gasteiger partial charge in [-0.25, -0.2) is 14.2 Å². The van der Waals surface area contributed by atoms with Crippen molar-refractivity contribution in [1.29, 1.82) is 0 Å². The number of fused-ring (bicyclic) bond motifs is 2. The van der Waals surface area contributed by atoms with E-state index in [9.17, 15) is 14.4 Å². The van der Waals surface area contributed by atoms with Gasteiger partial charge in [0.1, 0.15) is 5.60 Å². The number of ether oxygens (including phenoxy) is 1. The fourth-order valence-corrected chi connectivity index (χ4v) is 4.78. The number of imidazole rings is 1. The summed E-state index contributed by atoms with van der Waals surface area (Å²) < 4.78 is 11.9. The van der Waals surface area contributed by atoms with Gasteiger partial charge in [0, 0.05) is 42.0 Å². The molecule has 12 heteroatoms. The molecular formula is C26H26BrN7O4. The summed E-state index contributed by atoms with van der Waals surface area (Å²) in [5.41, 5.74) is 0.412. The van der Waals surface area contributed by atoms with Crippen LogP contribution < -0.4 is 16.6 Å². The maximum Gasteiger partial charge on any atom is 0.419 e. The van der Waals surface area contributed by atoms with Crippen molar-refractivity contribution in [2.75, 3.05) is 5.32 Å². The van der Waals surface area contributed by atoms with E-state index >= 15 is 0 Å². The molecule has 0 unspecified atom stereocenters. The van der Waals surface area contributed by atoms with Crippen LogP contribution in [-0.2, 0) is 25.4 Å². The highest BCUT2D eigenvalue weighted by Crippen LogP contribution is 2.29. The summed E-state index contributed by atoms with van der Waals surface area (Å²) in [6, 6.07) is 10.8. The van der Waals surface area contributed by atoms with Crippen LogP contribution in [0.25, 0.3) is 22.1 Å². The second kappa shape index (κ2) is 9.28. The van der Waals surface area contributed by atoms with Crippen LogP contribution in [0.2, 0.25) is 0 Å². The zero-order valence-electron chi connectivity index (χ0n) is 21.5. The van der Waals surface area contributed by atoms with E-state index in [1.165, 1.54) is 9.13 Å². The van der Waals surface area contributed by atoms with Gasteiger partial charge in [0.05, 0.1) is 17.8 Å². The van der Waals surface area contributed by atoms with Crippen LogP contribution in [-0.4, -0.2) is 39.9 Å². The van der Waals surface area contributed by atoms with E-state index in [1.807, 2.05) is 6.07 Å². The monoisotopic (exact) mass is 579 g/mol. The highest BCUT2D eigenvalue weighted by atomic mass is 79.9. The number of nitrogens with one attached hydrogen (secondary N) is 1. The molecule has 1 aromatic carbocycles. The Bertz CT molecular complexity index is 1820. The van der Waals surface area contributed by atoms with Crippen molar-refractivity contribution in [3.05, 3.63) is 79.8 Å². The molecule has 196 valence electrons. The highest BCUT2D eigenvalue weighted by molar-refractivity contribution is 9.10. The molecule has 0 aliphatic carbocycles. The third kappa shape index (κ3) is 4.40. The number of benzene rings is 1. The van der Waals surface area contributed by atoms with Crippen molar-refractivity contribution in [2.45, 2.75) is 32.9 Å². The van der Waals surface area contributed by atoms with Gasteiger partial charge in [-0.3, -0.25) is 18.9 Å². The molecule has 0 amide bonds. The molecule has 4 aromatic heterocycles. The summed E-state index contributed by atoms with van der Waals surface area (Å²) in [5, 5.41) is 3.91. The highest BCUT2D eigenvalue weighted by Gasteiger charge is 2.25. The topological polar surface area (TPSA) is 118 Å². The van der Waals surface area contributed by atoms with E-state index in [4.69, 9.17) is 4.74 Å². The Morgan fingerprint density at radius 2 is 1.79 bits per heavy atom. The zero-order valence-corrected chi connectivity index (χ0v) is 23.1. The first-order chi connectivity index (χ1) is 18.0. The van der Waals surface area contributed by atoms with Crippen LogP contribution in [0.15, 0.2) is 62.9 Å². The smallest absolute Gasteiger partial charge is 0.419 e. The van der Waals surface area contributed by atoms with Crippen molar-refractivity contribution in [3.63, 3.8) is 0 Å². The number of anilines is 2. The van der Waals surface area contributed by atoms with Gasteiger partial charge < -0.3 is 14.6 Å². The average Bonchev–Trinajstić information content (AvgIpc) is 3.39. The number of hydrogen-bond donors (Lipinski definition) is 1. The van der Waals surface area contributed by atoms with E-state index in [1.54, 1.807) is 82.2 Å². The fraction of sp³-hybridized carbons (Fsp3) is 0.269. The lowest BCUT2D eigenvalue weighted by Crippen LogP contribution is -2.40. The lowest BCUT2D eigenvalue weighted by atomic mass is 10.2. The Labute approximate surface area is 225 Å². The lowest BCUT2D eigenvalue weighted by Gasteiger charge is -2.21. The number of aryl methyl sites for hydroxylation is 2. The predicted octanol–water partition coefficient (Wildman–Crippen LogP) is 4.12. The van der Waals surface area contributed by atoms with Crippen molar-refractivity contribution in [2.24, 2.45) is 14.1 Å².